The molecule has 1 fully saturated rings. The first-order valence-electron chi connectivity index (χ1n) is 8.71. The van der Waals surface area contributed by atoms with E-state index in [1.807, 2.05) is 33.8 Å². The molecule has 24 heavy (non-hydrogen) atoms. The van der Waals surface area contributed by atoms with Crippen LogP contribution in [0.4, 0.5) is 4.79 Å². The van der Waals surface area contributed by atoms with Gasteiger partial charge in [-0.2, -0.15) is 0 Å². The van der Waals surface area contributed by atoms with E-state index in [1.54, 1.807) is 0 Å². The highest BCUT2D eigenvalue weighted by Gasteiger charge is 2.49. The van der Waals surface area contributed by atoms with Gasteiger partial charge in [0.05, 0.1) is 7.11 Å². The topological polar surface area (TPSA) is 64.6 Å². The van der Waals surface area contributed by atoms with Crippen molar-refractivity contribution in [2.24, 2.45) is 17.3 Å². The first kappa shape index (κ1) is 20.5. The van der Waals surface area contributed by atoms with Gasteiger partial charge in [0, 0.05) is 12.1 Å². The number of nitrogens with one attached hydrogen (secondary N) is 1. The van der Waals surface area contributed by atoms with E-state index in [9.17, 15) is 9.59 Å². The van der Waals surface area contributed by atoms with Crippen molar-refractivity contribution in [3.8, 4) is 0 Å². The lowest BCUT2D eigenvalue weighted by Crippen LogP contribution is -2.55. The largest absolute Gasteiger partial charge is 0.466 e. The third kappa shape index (κ3) is 5.84. The number of esters is 1. The fourth-order valence-corrected chi connectivity index (χ4v) is 3.53. The number of alkyl carbamates (subject to hydrolysis) is 1. The molecule has 1 N–H and O–H groups in total. The van der Waals surface area contributed by atoms with E-state index in [0.29, 0.717) is 11.8 Å². The molecule has 1 saturated carbocycles. The highest BCUT2D eigenvalue weighted by atomic mass is 16.6. The summed E-state index contributed by atoms with van der Waals surface area (Å²) in [6, 6.07) is 0.0803. The number of carbonyl (C=O) groups excluding carboxylic acids is 2. The van der Waals surface area contributed by atoms with Gasteiger partial charge in [-0.05, 0) is 64.2 Å². The van der Waals surface area contributed by atoms with Crippen molar-refractivity contribution < 1.29 is 19.1 Å². The molecule has 1 aliphatic carbocycles. The van der Waals surface area contributed by atoms with Gasteiger partial charge in [0.2, 0.25) is 0 Å². The van der Waals surface area contributed by atoms with E-state index in [0.717, 1.165) is 19.3 Å². The highest BCUT2D eigenvalue weighted by Crippen LogP contribution is 2.54. The summed E-state index contributed by atoms with van der Waals surface area (Å²) in [6.45, 7) is 12.1. The number of hydrogen-bond acceptors (Lipinski definition) is 4. The maximum atomic E-state index is 11.9. The average Bonchev–Trinajstić information content (AvgIpc) is 2.42. The number of hydrogen-bond donors (Lipinski definition) is 1. The van der Waals surface area contributed by atoms with E-state index in [2.05, 4.69) is 23.9 Å². The lowest BCUT2D eigenvalue weighted by Gasteiger charge is -2.55. The van der Waals surface area contributed by atoms with Crippen LogP contribution in [0.25, 0.3) is 0 Å². The average molecular weight is 339 g/mol. The summed E-state index contributed by atoms with van der Waals surface area (Å²) in [5.41, 5.74) is -0.318. The molecule has 0 radical (unpaired) electrons. The second kappa shape index (κ2) is 8.04. The summed E-state index contributed by atoms with van der Waals surface area (Å²) in [5.74, 6) is 0.711. The lowest BCUT2D eigenvalue weighted by molar-refractivity contribution is -0.134. The van der Waals surface area contributed by atoms with Gasteiger partial charge >= 0.3 is 12.1 Å². The van der Waals surface area contributed by atoms with Crippen LogP contribution in [0.3, 0.4) is 0 Å². The molecule has 1 amide bonds. The normalized spacial score (nSPS) is 24.1. The van der Waals surface area contributed by atoms with E-state index in [1.165, 1.54) is 13.2 Å². The van der Waals surface area contributed by atoms with Crippen molar-refractivity contribution >= 4 is 12.1 Å². The molecule has 5 heteroatoms. The maximum Gasteiger partial charge on any atom is 0.407 e. The van der Waals surface area contributed by atoms with E-state index >= 15 is 0 Å². The van der Waals surface area contributed by atoms with Crippen molar-refractivity contribution in [3.05, 3.63) is 12.2 Å². The van der Waals surface area contributed by atoms with Gasteiger partial charge < -0.3 is 14.8 Å². The summed E-state index contributed by atoms with van der Waals surface area (Å²) in [6.07, 6.45) is 5.99. The van der Waals surface area contributed by atoms with Crippen LogP contribution < -0.4 is 5.32 Å². The Labute approximate surface area is 146 Å². The second-order valence-electron chi connectivity index (χ2n) is 8.30. The van der Waals surface area contributed by atoms with Crippen molar-refractivity contribution in [3.63, 3.8) is 0 Å². The molecule has 0 spiro atoms. The van der Waals surface area contributed by atoms with E-state index in [4.69, 9.17) is 4.74 Å². The van der Waals surface area contributed by atoms with Crippen LogP contribution in [-0.2, 0) is 14.3 Å². The third-order valence-corrected chi connectivity index (χ3v) is 5.03. The molecule has 0 heterocycles. The summed E-state index contributed by atoms with van der Waals surface area (Å²) in [4.78, 5) is 23.0. The second-order valence-corrected chi connectivity index (χ2v) is 8.30. The zero-order valence-electron chi connectivity index (χ0n) is 16.1. The van der Waals surface area contributed by atoms with Crippen LogP contribution in [0.2, 0.25) is 0 Å². The van der Waals surface area contributed by atoms with E-state index in [-0.39, 0.29) is 23.5 Å². The number of rotatable bonds is 6. The molecular formula is C19H33NO4. The smallest absolute Gasteiger partial charge is 0.407 e. The predicted octanol–water partition coefficient (Wildman–Crippen LogP) is 4.07. The molecule has 138 valence electrons. The Balaban J connectivity index is 2.43. The first-order valence-corrected chi connectivity index (χ1v) is 8.71. The molecule has 0 aromatic carbocycles. The van der Waals surface area contributed by atoms with Gasteiger partial charge in [0.15, 0.2) is 0 Å². The molecule has 0 aromatic rings. The Morgan fingerprint density at radius 2 is 1.96 bits per heavy atom. The Morgan fingerprint density at radius 1 is 1.33 bits per heavy atom. The molecular weight excluding hydrogens is 306 g/mol. The SMILES string of the molecule is COC(=O)/C=C/CC[C@H]1C[C@@H]([C@@H](C)NC(=O)OC(C)(C)C)C1(C)C. The minimum atomic E-state index is -0.479. The lowest BCUT2D eigenvalue weighted by atomic mass is 9.51. The van der Waals surface area contributed by atoms with Crippen LogP contribution in [0.15, 0.2) is 12.2 Å². The molecule has 0 aliphatic heterocycles. The Bertz CT molecular complexity index is 476. The molecule has 1 aliphatic rings. The fourth-order valence-electron chi connectivity index (χ4n) is 3.53. The monoisotopic (exact) mass is 339 g/mol. The molecule has 0 saturated heterocycles. The molecule has 0 aromatic heterocycles. The minimum Gasteiger partial charge on any atom is -0.466 e. The van der Waals surface area contributed by atoms with Gasteiger partial charge in [-0.3, -0.25) is 0 Å². The summed E-state index contributed by atoms with van der Waals surface area (Å²) in [5, 5.41) is 2.97. The van der Waals surface area contributed by atoms with E-state index < -0.39 is 5.60 Å². The van der Waals surface area contributed by atoms with Crippen LogP contribution in [0, 0.1) is 17.3 Å². The summed E-state index contributed by atoms with van der Waals surface area (Å²) >= 11 is 0. The standard InChI is InChI=1S/C19H33NO4/c1-13(20-17(22)24-18(2,3)4)15-12-14(19(15,5)6)10-8-9-11-16(21)23-7/h9,11,13-15H,8,10,12H2,1-7H3,(H,20,22)/b11-9+/t13-,14+,15+/m1/s1. The Hall–Kier alpha value is -1.52. The van der Waals surface area contributed by atoms with Gasteiger partial charge in [-0.1, -0.05) is 19.9 Å². The number of ether oxygens (including phenoxy) is 2. The Kier molecular flexibility index (Phi) is 6.87. The van der Waals surface area contributed by atoms with Crippen molar-refractivity contribution in [1.29, 1.82) is 0 Å². The summed E-state index contributed by atoms with van der Waals surface area (Å²) < 4.78 is 9.91. The van der Waals surface area contributed by atoms with Gasteiger partial charge in [-0.15, -0.1) is 0 Å². The van der Waals surface area contributed by atoms with Crippen molar-refractivity contribution in [2.45, 2.75) is 72.4 Å². The zero-order valence-corrected chi connectivity index (χ0v) is 16.1. The van der Waals surface area contributed by atoms with Crippen LogP contribution in [-0.4, -0.2) is 30.8 Å². The third-order valence-electron chi connectivity index (χ3n) is 5.03. The van der Waals surface area contributed by atoms with Gasteiger partial charge in [0.25, 0.3) is 0 Å². The predicted molar refractivity (Wildman–Crippen MR) is 94.6 cm³/mol. The summed E-state index contributed by atoms with van der Waals surface area (Å²) in [7, 11) is 1.38. The minimum absolute atomic E-state index is 0.0803. The number of amides is 1. The molecule has 0 bridgehead atoms. The quantitative estimate of drug-likeness (QED) is 0.585. The molecule has 0 unspecified atom stereocenters. The number of methoxy groups -OCH3 is 1. The number of allylic oxidation sites excluding steroid dienone is 1. The fraction of sp³-hybridized carbons (Fsp3) is 0.789. The van der Waals surface area contributed by atoms with Crippen LogP contribution in [0.5, 0.6) is 0 Å². The van der Waals surface area contributed by atoms with Crippen molar-refractivity contribution in [2.75, 3.05) is 7.11 Å². The first-order chi connectivity index (χ1) is 11.0. The van der Waals surface area contributed by atoms with Gasteiger partial charge in [-0.25, -0.2) is 9.59 Å². The number of carbonyl (C=O) groups is 2. The Morgan fingerprint density at radius 3 is 2.46 bits per heavy atom. The van der Waals surface area contributed by atoms with Gasteiger partial charge in [0.1, 0.15) is 5.60 Å². The van der Waals surface area contributed by atoms with Crippen LogP contribution >= 0.6 is 0 Å². The maximum absolute atomic E-state index is 11.9. The highest BCUT2D eigenvalue weighted by molar-refractivity contribution is 5.81. The molecule has 5 nitrogen and oxygen atoms in total. The molecule has 1 rings (SSSR count). The van der Waals surface area contributed by atoms with Crippen LogP contribution in [0.1, 0.15) is 60.8 Å². The van der Waals surface area contributed by atoms with Crippen molar-refractivity contribution in [1.82, 2.24) is 5.32 Å². The zero-order chi connectivity index (χ0) is 18.5. The molecule has 3 atom stereocenters.